The van der Waals surface area contributed by atoms with Gasteiger partial charge in [-0.3, -0.25) is 9.69 Å². The number of rotatable bonds is 3. The van der Waals surface area contributed by atoms with Crippen LogP contribution in [0.1, 0.15) is 34.1 Å². The molecule has 2 heterocycles. The molecule has 2 amide bonds. The van der Waals surface area contributed by atoms with E-state index >= 15 is 0 Å². The zero-order valence-electron chi connectivity index (χ0n) is 15.0. The average Bonchev–Trinajstić information content (AvgIpc) is 2.53. The third kappa shape index (κ3) is 4.59. The zero-order chi connectivity index (χ0) is 17.0. The fourth-order valence-corrected chi connectivity index (χ4v) is 3.77. The molecule has 23 heavy (non-hydrogen) atoms. The number of piperazine rings is 1. The van der Waals surface area contributed by atoms with Crippen LogP contribution in [-0.2, 0) is 9.53 Å². The maximum absolute atomic E-state index is 12.8. The average molecular weight is 325 g/mol. The molecule has 6 nitrogen and oxygen atoms in total. The standard InChI is InChI=1S/C17H31N3O3/c1-5-23-17(22)19-8-6-18(7-9-19)15(4)16(21)20-11-13(2)10-14(3)12-20/h13-15H,5-12H2,1-4H3. The van der Waals surface area contributed by atoms with Gasteiger partial charge in [-0.15, -0.1) is 0 Å². The van der Waals surface area contributed by atoms with Gasteiger partial charge in [-0.2, -0.15) is 0 Å². The maximum atomic E-state index is 12.8. The molecule has 0 aromatic carbocycles. The third-order valence-corrected chi connectivity index (χ3v) is 4.93. The monoisotopic (exact) mass is 325 g/mol. The Kier molecular flexibility index (Phi) is 6.27. The fourth-order valence-electron chi connectivity index (χ4n) is 3.77. The molecule has 3 unspecified atom stereocenters. The Bertz CT molecular complexity index is 411. The van der Waals surface area contributed by atoms with E-state index in [1.807, 2.05) is 18.7 Å². The molecule has 6 heteroatoms. The van der Waals surface area contributed by atoms with E-state index in [2.05, 4.69) is 18.7 Å². The number of nitrogens with zero attached hydrogens (tertiary/aromatic N) is 3. The maximum Gasteiger partial charge on any atom is 0.409 e. The van der Waals surface area contributed by atoms with Crippen LogP contribution in [0.2, 0.25) is 0 Å². The molecule has 3 atom stereocenters. The number of hydrogen-bond donors (Lipinski definition) is 0. The van der Waals surface area contributed by atoms with E-state index in [0.29, 0.717) is 31.5 Å². The van der Waals surface area contributed by atoms with Crippen LogP contribution in [0.4, 0.5) is 4.79 Å². The summed E-state index contributed by atoms with van der Waals surface area (Å²) >= 11 is 0. The lowest BCUT2D eigenvalue weighted by Gasteiger charge is -2.41. The van der Waals surface area contributed by atoms with E-state index < -0.39 is 0 Å². The minimum Gasteiger partial charge on any atom is -0.450 e. The van der Waals surface area contributed by atoms with Crippen molar-refractivity contribution in [3.63, 3.8) is 0 Å². The van der Waals surface area contributed by atoms with Crippen molar-refractivity contribution in [1.82, 2.24) is 14.7 Å². The van der Waals surface area contributed by atoms with Crippen molar-refractivity contribution in [2.45, 2.75) is 40.2 Å². The van der Waals surface area contributed by atoms with Gasteiger partial charge >= 0.3 is 6.09 Å². The molecule has 0 aromatic heterocycles. The van der Waals surface area contributed by atoms with Gasteiger partial charge in [0.1, 0.15) is 0 Å². The van der Waals surface area contributed by atoms with Gasteiger partial charge in [0.15, 0.2) is 0 Å². The van der Waals surface area contributed by atoms with Gasteiger partial charge in [0.2, 0.25) is 5.91 Å². The molecular weight excluding hydrogens is 294 g/mol. The Labute approximate surface area is 139 Å². The Morgan fingerprint density at radius 1 is 1.04 bits per heavy atom. The van der Waals surface area contributed by atoms with Crippen LogP contribution in [0.3, 0.4) is 0 Å². The summed E-state index contributed by atoms with van der Waals surface area (Å²) in [7, 11) is 0. The summed E-state index contributed by atoms with van der Waals surface area (Å²) < 4.78 is 5.04. The van der Waals surface area contributed by atoms with E-state index in [1.165, 1.54) is 6.42 Å². The highest BCUT2D eigenvalue weighted by molar-refractivity contribution is 5.81. The topological polar surface area (TPSA) is 53.1 Å². The van der Waals surface area contributed by atoms with E-state index in [4.69, 9.17) is 4.74 Å². The quantitative estimate of drug-likeness (QED) is 0.792. The molecule has 2 saturated heterocycles. The minimum absolute atomic E-state index is 0.114. The lowest BCUT2D eigenvalue weighted by atomic mass is 9.91. The summed E-state index contributed by atoms with van der Waals surface area (Å²) in [5.74, 6) is 1.39. The highest BCUT2D eigenvalue weighted by Gasteiger charge is 2.33. The molecule has 0 spiro atoms. The van der Waals surface area contributed by atoms with Crippen molar-refractivity contribution in [2.75, 3.05) is 45.9 Å². The normalized spacial score (nSPS) is 27.7. The molecule has 2 rings (SSSR count). The van der Waals surface area contributed by atoms with Crippen LogP contribution in [0.5, 0.6) is 0 Å². The second-order valence-electron chi connectivity index (χ2n) is 7.09. The molecular formula is C17H31N3O3. The van der Waals surface area contributed by atoms with Crippen LogP contribution < -0.4 is 0 Å². The highest BCUT2D eigenvalue weighted by Crippen LogP contribution is 2.22. The number of carbonyl (C=O) groups is 2. The molecule has 0 radical (unpaired) electrons. The van der Waals surface area contributed by atoms with Gasteiger partial charge in [-0.25, -0.2) is 4.79 Å². The minimum atomic E-state index is -0.246. The Morgan fingerprint density at radius 2 is 1.61 bits per heavy atom. The van der Waals surface area contributed by atoms with Crippen LogP contribution >= 0.6 is 0 Å². The molecule has 2 aliphatic heterocycles. The Balaban J connectivity index is 1.85. The SMILES string of the molecule is CCOC(=O)N1CCN(C(C)C(=O)N2CC(C)CC(C)C2)CC1. The second kappa shape index (κ2) is 7.99. The lowest BCUT2D eigenvalue weighted by molar-refractivity contribution is -0.139. The molecule has 0 aliphatic carbocycles. The molecule has 2 aliphatic rings. The first-order chi connectivity index (χ1) is 10.9. The summed E-state index contributed by atoms with van der Waals surface area (Å²) in [6.07, 6.45) is 0.959. The van der Waals surface area contributed by atoms with Crippen molar-refractivity contribution in [3.8, 4) is 0 Å². The first-order valence-corrected chi connectivity index (χ1v) is 8.86. The number of hydrogen-bond acceptors (Lipinski definition) is 4. The summed E-state index contributed by atoms with van der Waals surface area (Å²) in [5.41, 5.74) is 0. The van der Waals surface area contributed by atoms with Gasteiger partial charge < -0.3 is 14.5 Å². The number of carbonyl (C=O) groups excluding carboxylic acids is 2. The van der Waals surface area contributed by atoms with E-state index in [9.17, 15) is 9.59 Å². The van der Waals surface area contributed by atoms with Crippen molar-refractivity contribution < 1.29 is 14.3 Å². The Hall–Kier alpha value is -1.30. The van der Waals surface area contributed by atoms with Crippen molar-refractivity contribution in [1.29, 1.82) is 0 Å². The zero-order valence-corrected chi connectivity index (χ0v) is 15.0. The van der Waals surface area contributed by atoms with Gasteiger partial charge in [-0.05, 0) is 32.1 Å². The summed E-state index contributed by atoms with van der Waals surface area (Å²) in [5, 5.41) is 0. The summed E-state index contributed by atoms with van der Waals surface area (Å²) in [6.45, 7) is 13.1. The number of piperidine rings is 1. The summed E-state index contributed by atoms with van der Waals surface area (Å²) in [6, 6.07) is -0.114. The largest absolute Gasteiger partial charge is 0.450 e. The number of ether oxygens (including phenoxy) is 1. The van der Waals surface area contributed by atoms with Crippen LogP contribution in [0, 0.1) is 11.8 Å². The third-order valence-electron chi connectivity index (χ3n) is 4.93. The van der Waals surface area contributed by atoms with Gasteiger partial charge in [0.25, 0.3) is 0 Å². The van der Waals surface area contributed by atoms with E-state index in [-0.39, 0.29) is 18.0 Å². The highest BCUT2D eigenvalue weighted by atomic mass is 16.6. The van der Waals surface area contributed by atoms with Gasteiger partial charge in [0.05, 0.1) is 12.6 Å². The Morgan fingerprint density at radius 3 is 2.13 bits per heavy atom. The number of amides is 2. The van der Waals surface area contributed by atoms with Crippen LogP contribution in [-0.4, -0.2) is 78.6 Å². The van der Waals surface area contributed by atoms with Gasteiger partial charge in [-0.1, -0.05) is 13.8 Å². The van der Waals surface area contributed by atoms with E-state index in [0.717, 1.165) is 26.2 Å². The van der Waals surface area contributed by atoms with Gasteiger partial charge in [0, 0.05) is 39.3 Å². The first kappa shape index (κ1) is 18.0. The molecule has 0 N–H and O–H groups in total. The lowest BCUT2D eigenvalue weighted by Crippen LogP contribution is -2.57. The molecule has 0 aromatic rings. The fraction of sp³-hybridized carbons (Fsp3) is 0.882. The van der Waals surface area contributed by atoms with Crippen LogP contribution in [0.15, 0.2) is 0 Å². The molecule has 0 bridgehead atoms. The van der Waals surface area contributed by atoms with Crippen molar-refractivity contribution in [2.24, 2.45) is 11.8 Å². The van der Waals surface area contributed by atoms with Crippen molar-refractivity contribution >= 4 is 12.0 Å². The second-order valence-corrected chi connectivity index (χ2v) is 7.09. The predicted octanol–water partition coefficient (Wildman–Crippen LogP) is 1.65. The summed E-state index contributed by atoms with van der Waals surface area (Å²) in [4.78, 5) is 30.5. The molecule has 132 valence electrons. The first-order valence-electron chi connectivity index (χ1n) is 8.86. The predicted molar refractivity (Wildman–Crippen MR) is 89.2 cm³/mol. The van der Waals surface area contributed by atoms with E-state index in [1.54, 1.807) is 4.90 Å². The molecule has 0 saturated carbocycles. The van der Waals surface area contributed by atoms with Crippen molar-refractivity contribution in [3.05, 3.63) is 0 Å². The van der Waals surface area contributed by atoms with Crippen LogP contribution in [0.25, 0.3) is 0 Å². The smallest absolute Gasteiger partial charge is 0.409 e. The molecule has 2 fully saturated rings. The number of likely N-dealkylation sites (tertiary alicyclic amines) is 1.